The lowest BCUT2D eigenvalue weighted by atomic mass is 10.1. The molecule has 0 aliphatic heterocycles. The average molecular weight is 271 g/mol. The molecule has 0 unspecified atom stereocenters. The molecule has 0 amide bonds. The van der Waals surface area contributed by atoms with Crippen molar-refractivity contribution in [2.75, 3.05) is 0 Å². The predicted molar refractivity (Wildman–Crippen MR) is 76.5 cm³/mol. The van der Waals surface area contributed by atoms with E-state index >= 15 is 0 Å². The quantitative estimate of drug-likeness (QED) is 0.745. The number of nitrogens with zero attached hydrogens (tertiary/aromatic N) is 3. The lowest BCUT2D eigenvalue weighted by molar-refractivity contribution is 0.294. The Morgan fingerprint density at radius 2 is 1.89 bits per heavy atom. The number of rotatable bonds is 3. The van der Waals surface area contributed by atoms with E-state index in [9.17, 15) is 0 Å². The number of benzene rings is 2. The van der Waals surface area contributed by atoms with E-state index < -0.39 is 0 Å². The summed E-state index contributed by atoms with van der Waals surface area (Å²) in [7, 11) is 1.87. The van der Waals surface area contributed by atoms with Gasteiger partial charge in [-0.15, -0.1) is 22.8 Å². The molecule has 0 radical (unpaired) electrons. The zero-order valence-corrected chi connectivity index (χ0v) is 11.3. The van der Waals surface area contributed by atoms with Crippen LogP contribution < -0.4 is 4.74 Å². The lowest BCUT2D eigenvalue weighted by Crippen LogP contribution is -2.04. The second-order valence-electron chi connectivity index (χ2n) is 4.24. The van der Waals surface area contributed by atoms with Gasteiger partial charge < -0.3 is 9.30 Å². The van der Waals surface area contributed by atoms with Crippen LogP contribution in [0.15, 0.2) is 47.6 Å². The predicted octanol–water partition coefficient (Wildman–Crippen LogP) is 2.84. The summed E-state index contributed by atoms with van der Waals surface area (Å²) in [5.74, 6) is 1.60. The molecule has 0 bridgehead atoms. The molecule has 0 saturated carbocycles. The second kappa shape index (κ2) is 4.93. The average Bonchev–Trinajstić information content (AvgIpc) is 2.76. The third kappa shape index (κ3) is 2.29. The van der Waals surface area contributed by atoms with Gasteiger partial charge in [-0.2, -0.15) is 0 Å². The van der Waals surface area contributed by atoms with Crippen LogP contribution in [0.2, 0.25) is 0 Å². The van der Waals surface area contributed by atoms with E-state index in [2.05, 4.69) is 35.0 Å². The summed E-state index contributed by atoms with van der Waals surface area (Å²) < 4.78 is 7.64. The van der Waals surface area contributed by atoms with Crippen molar-refractivity contribution in [3.63, 3.8) is 0 Å². The number of aromatic nitrogens is 3. The van der Waals surface area contributed by atoms with Crippen molar-refractivity contribution >= 4 is 23.4 Å². The summed E-state index contributed by atoms with van der Waals surface area (Å²) in [5.41, 5.74) is 0. The van der Waals surface area contributed by atoms with E-state index in [4.69, 9.17) is 4.74 Å². The van der Waals surface area contributed by atoms with Gasteiger partial charge in [-0.3, -0.25) is 0 Å². The highest BCUT2D eigenvalue weighted by Crippen LogP contribution is 2.25. The van der Waals surface area contributed by atoms with Gasteiger partial charge in [0.25, 0.3) is 0 Å². The number of ether oxygens (including phenoxy) is 1. The van der Waals surface area contributed by atoms with Crippen LogP contribution >= 0.6 is 12.6 Å². The molecule has 0 N–H and O–H groups in total. The maximum Gasteiger partial charge on any atom is 0.187 e. The highest BCUT2D eigenvalue weighted by atomic mass is 32.1. The topological polar surface area (TPSA) is 39.9 Å². The van der Waals surface area contributed by atoms with Crippen LogP contribution in [-0.2, 0) is 13.7 Å². The normalized spacial score (nSPS) is 10.8. The van der Waals surface area contributed by atoms with E-state index in [1.165, 1.54) is 0 Å². The molecule has 3 aromatic rings. The van der Waals surface area contributed by atoms with Gasteiger partial charge in [0.15, 0.2) is 11.0 Å². The molecular formula is C14H13N3OS. The first-order chi connectivity index (χ1) is 9.25. The molecule has 5 heteroatoms. The standard InChI is InChI=1S/C14H13N3OS/c1-17-13(15-16-14(17)19)9-18-12-8-4-6-10-5-2-3-7-11(10)12/h2-8H,9H2,1H3,(H,16,19). The molecule has 0 aliphatic rings. The van der Waals surface area contributed by atoms with Crippen LogP contribution in [0, 0.1) is 0 Å². The first-order valence-electron chi connectivity index (χ1n) is 5.93. The molecule has 1 heterocycles. The second-order valence-corrected chi connectivity index (χ2v) is 4.64. The van der Waals surface area contributed by atoms with Crippen LogP contribution in [0.4, 0.5) is 0 Å². The summed E-state index contributed by atoms with van der Waals surface area (Å²) in [6.45, 7) is 0.373. The Morgan fingerprint density at radius 3 is 2.68 bits per heavy atom. The minimum absolute atomic E-state index is 0.373. The van der Waals surface area contributed by atoms with Crippen molar-refractivity contribution in [1.29, 1.82) is 0 Å². The molecule has 0 spiro atoms. The monoisotopic (exact) mass is 271 g/mol. The third-order valence-electron chi connectivity index (χ3n) is 3.05. The van der Waals surface area contributed by atoms with Crippen molar-refractivity contribution < 1.29 is 4.74 Å². The largest absolute Gasteiger partial charge is 0.485 e. The lowest BCUT2D eigenvalue weighted by Gasteiger charge is -2.08. The Kier molecular flexibility index (Phi) is 3.13. The fourth-order valence-electron chi connectivity index (χ4n) is 1.94. The Bertz CT molecular complexity index is 718. The van der Waals surface area contributed by atoms with E-state index in [-0.39, 0.29) is 0 Å². The Hall–Kier alpha value is -2.01. The van der Waals surface area contributed by atoms with Gasteiger partial charge in [0.05, 0.1) is 0 Å². The van der Waals surface area contributed by atoms with Crippen molar-refractivity contribution in [3.8, 4) is 5.75 Å². The number of thiol groups is 1. The summed E-state index contributed by atoms with van der Waals surface area (Å²) in [6.07, 6.45) is 0. The van der Waals surface area contributed by atoms with Crippen molar-refractivity contribution in [3.05, 3.63) is 48.3 Å². The molecule has 0 fully saturated rings. The molecule has 3 rings (SSSR count). The Morgan fingerprint density at radius 1 is 1.11 bits per heavy atom. The maximum absolute atomic E-state index is 5.84. The van der Waals surface area contributed by atoms with Gasteiger partial charge in [0.2, 0.25) is 0 Å². The first-order valence-corrected chi connectivity index (χ1v) is 6.38. The fraction of sp³-hybridized carbons (Fsp3) is 0.143. The molecule has 1 aromatic heterocycles. The molecule has 0 saturated heterocycles. The summed E-state index contributed by atoms with van der Waals surface area (Å²) >= 11 is 4.19. The van der Waals surface area contributed by atoms with Crippen LogP contribution in [0.3, 0.4) is 0 Å². The molecule has 2 aromatic carbocycles. The summed E-state index contributed by atoms with van der Waals surface area (Å²) in [5, 5.41) is 10.7. The fourth-order valence-corrected chi connectivity index (χ4v) is 2.10. The van der Waals surface area contributed by atoms with Crippen LogP contribution in [-0.4, -0.2) is 14.8 Å². The van der Waals surface area contributed by atoms with E-state index in [0.717, 1.165) is 22.3 Å². The number of fused-ring (bicyclic) bond motifs is 1. The highest BCUT2D eigenvalue weighted by Gasteiger charge is 2.07. The van der Waals surface area contributed by atoms with Gasteiger partial charge >= 0.3 is 0 Å². The first kappa shape index (κ1) is 12.0. The SMILES string of the molecule is Cn1c(S)nnc1COc1cccc2ccccc12. The van der Waals surface area contributed by atoms with Gasteiger partial charge in [-0.05, 0) is 11.5 Å². The van der Waals surface area contributed by atoms with E-state index in [1.807, 2.05) is 37.4 Å². The van der Waals surface area contributed by atoms with E-state index in [1.54, 1.807) is 4.57 Å². The van der Waals surface area contributed by atoms with E-state index in [0.29, 0.717) is 11.8 Å². The van der Waals surface area contributed by atoms with Crippen LogP contribution in [0.25, 0.3) is 10.8 Å². The molecule has 0 atom stereocenters. The number of hydrogen-bond donors (Lipinski definition) is 1. The molecule has 96 valence electrons. The van der Waals surface area contributed by atoms with Gasteiger partial charge in [0, 0.05) is 12.4 Å². The van der Waals surface area contributed by atoms with Crippen LogP contribution in [0.1, 0.15) is 5.82 Å². The Balaban J connectivity index is 1.88. The smallest absolute Gasteiger partial charge is 0.187 e. The summed E-state index contributed by atoms with van der Waals surface area (Å²) in [4.78, 5) is 0. The minimum Gasteiger partial charge on any atom is -0.485 e. The van der Waals surface area contributed by atoms with Crippen molar-refractivity contribution in [1.82, 2.24) is 14.8 Å². The van der Waals surface area contributed by atoms with Crippen molar-refractivity contribution in [2.45, 2.75) is 11.8 Å². The zero-order valence-electron chi connectivity index (χ0n) is 10.4. The van der Waals surface area contributed by atoms with Gasteiger partial charge in [-0.25, -0.2) is 0 Å². The third-order valence-corrected chi connectivity index (χ3v) is 3.44. The molecule has 0 aliphatic carbocycles. The van der Waals surface area contributed by atoms with Crippen molar-refractivity contribution in [2.24, 2.45) is 7.05 Å². The summed E-state index contributed by atoms with van der Waals surface area (Å²) in [6, 6.07) is 14.1. The maximum atomic E-state index is 5.84. The van der Waals surface area contributed by atoms with Gasteiger partial charge in [0.1, 0.15) is 12.4 Å². The Labute approximate surface area is 116 Å². The molecule has 19 heavy (non-hydrogen) atoms. The molecule has 4 nitrogen and oxygen atoms in total. The van der Waals surface area contributed by atoms with Crippen LogP contribution in [0.5, 0.6) is 5.75 Å². The van der Waals surface area contributed by atoms with Gasteiger partial charge in [-0.1, -0.05) is 36.4 Å². The zero-order chi connectivity index (χ0) is 13.2. The number of hydrogen-bond acceptors (Lipinski definition) is 4. The molecular weight excluding hydrogens is 258 g/mol. The minimum atomic E-state index is 0.373. The highest BCUT2D eigenvalue weighted by molar-refractivity contribution is 7.80.